The highest BCUT2D eigenvalue weighted by Crippen LogP contribution is 2.19. The number of rotatable bonds is 5. The summed E-state index contributed by atoms with van der Waals surface area (Å²) >= 11 is 1.64. The first-order valence-corrected chi connectivity index (χ1v) is 7.59. The number of carbonyl (C=O) groups is 1. The SMILES string of the molecule is CSCC[C@H](N)C(=O)Nc1nc2cc(F)ccc2n1C. The molecule has 2 rings (SSSR count). The molecule has 1 aromatic heterocycles. The first-order chi connectivity index (χ1) is 9.52. The Morgan fingerprint density at radius 2 is 2.35 bits per heavy atom. The number of hydrogen-bond donors (Lipinski definition) is 2. The van der Waals surface area contributed by atoms with E-state index < -0.39 is 6.04 Å². The van der Waals surface area contributed by atoms with Gasteiger partial charge in [-0.3, -0.25) is 10.1 Å². The molecule has 1 heterocycles. The Morgan fingerprint density at radius 3 is 3.05 bits per heavy atom. The Kier molecular flexibility index (Phi) is 4.61. The molecule has 1 aromatic carbocycles. The number of carbonyl (C=O) groups excluding carboxylic acids is 1. The normalized spacial score (nSPS) is 12.6. The van der Waals surface area contributed by atoms with Gasteiger partial charge in [0.2, 0.25) is 11.9 Å². The fourth-order valence-corrected chi connectivity index (χ4v) is 2.35. The van der Waals surface area contributed by atoms with Crippen LogP contribution in [0.1, 0.15) is 6.42 Å². The van der Waals surface area contributed by atoms with Crippen LogP contribution in [0.25, 0.3) is 11.0 Å². The number of aryl methyl sites for hydroxylation is 1. The predicted octanol–water partition coefficient (Wildman–Crippen LogP) is 1.73. The van der Waals surface area contributed by atoms with Gasteiger partial charge in [0.05, 0.1) is 17.1 Å². The summed E-state index contributed by atoms with van der Waals surface area (Å²) in [5, 5.41) is 2.68. The molecule has 7 heteroatoms. The van der Waals surface area contributed by atoms with Crippen molar-refractivity contribution < 1.29 is 9.18 Å². The van der Waals surface area contributed by atoms with Gasteiger partial charge in [0, 0.05) is 13.1 Å². The van der Waals surface area contributed by atoms with Crippen molar-refractivity contribution in [2.75, 3.05) is 17.3 Å². The third kappa shape index (κ3) is 3.10. The number of hydrogen-bond acceptors (Lipinski definition) is 4. The van der Waals surface area contributed by atoms with Gasteiger partial charge in [0.25, 0.3) is 0 Å². The molecule has 0 aliphatic rings. The van der Waals surface area contributed by atoms with Crippen molar-refractivity contribution in [1.82, 2.24) is 9.55 Å². The lowest BCUT2D eigenvalue weighted by atomic mass is 10.2. The summed E-state index contributed by atoms with van der Waals surface area (Å²) in [4.78, 5) is 16.1. The molecule has 108 valence electrons. The molecule has 20 heavy (non-hydrogen) atoms. The number of thioether (sulfide) groups is 1. The van der Waals surface area contributed by atoms with Gasteiger partial charge in [-0.15, -0.1) is 0 Å². The average molecular weight is 296 g/mol. The monoisotopic (exact) mass is 296 g/mol. The lowest BCUT2D eigenvalue weighted by Gasteiger charge is -2.11. The molecule has 0 saturated heterocycles. The first kappa shape index (κ1) is 14.8. The summed E-state index contributed by atoms with van der Waals surface area (Å²) in [6.45, 7) is 0. The standard InChI is InChI=1S/C13H17FN4OS/c1-18-11-4-3-8(14)7-10(11)16-13(18)17-12(19)9(15)5-6-20-2/h3-4,7,9H,5-6,15H2,1-2H3,(H,16,17,19)/t9-/m0/s1. The average Bonchev–Trinajstić information content (AvgIpc) is 2.72. The van der Waals surface area contributed by atoms with Crippen molar-refractivity contribution >= 4 is 34.7 Å². The van der Waals surface area contributed by atoms with Gasteiger partial charge in [0.1, 0.15) is 5.82 Å². The Labute approximate surface area is 120 Å². The first-order valence-electron chi connectivity index (χ1n) is 6.20. The van der Waals surface area contributed by atoms with Crippen LogP contribution in [-0.4, -0.2) is 33.5 Å². The maximum absolute atomic E-state index is 13.1. The number of imidazole rings is 1. The molecule has 2 aromatic rings. The van der Waals surface area contributed by atoms with Gasteiger partial charge in [0.15, 0.2) is 0 Å². The van der Waals surface area contributed by atoms with E-state index in [1.807, 2.05) is 6.26 Å². The van der Waals surface area contributed by atoms with Crippen LogP contribution in [0, 0.1) is 5.82 Å². The minimum Gasteiger partial charge on any atom is -0.320 e. The Morgan fingerprint density at radius 1 is 1.60 bits per heavy atom. The summed E-state index contributed by atoms with van der Waals surface area (Å²) in [5.74, 6) is 0.556. The van der Waals surface area contributed by atoms with E-state index in [0.717, 1.165) is 11.3 Å². The number of amides is 1. The van der Waals surface area contributed by atoms with Crippen molar-refractivity contribution in [2.24, 2.45) is 12.8 Å². The number of nitrogens with one attached hydrogen (secondary N) is 1. The van der Waals surface area contributed by atoms with Gasteiger partial charge in [-0.2, -0.15) is 11.8 Å². The van der Waals surface area contributed by atoms with E-state index in [4.69, 9.17) is 5.73 Å². The van der Waals surface area contributed by atoms with E-state index in [1.165, 1.54) is 12.1 Å². The molecule has 5 nitrogen and oxygen atoms in total. The number of aromatic nitrogens is 2. The van der Waals surface area contributed by atoms with Crippen LogP contribution in [0.2, 0.25) is 0 Å². The van der Waals surface area contributed by atoms with Crippen LogP contribution in [0.5, 0.6) is 0 Å². The lowest BCUT2D eigenvalue weighted by molar-refractivity contribution is -0.117. The van der Waals surface area contributed by atoms with E-state index in [1.54, 1.807) is 29.4 Å². The fraction of sp³-hybridized carbons (Fsp3) is 0.385. The molecule has 3 N–H and O–H groups in total. The van der Waals surface area contributed by atoms with Crippen LogP contribution in [-0.2, 0) is 11.8 Å². The molecule has 1 atom stereocenters. The number of nitrogens with zero attached hydrogens (tertiary/aromatic N) is 2. The second-order valence-corrected chi connectivity index (χ2v) is 5.49. The van der Waals surface area contributed by atoms with E-state index in [2.05, 4.69) is 10.3 Å². The summed E-state index contributed by atoms with van der Waals surface area (Å²) < 4.78 is 14.9. The summed E-state index contributed by atoms with van der Waals surface area (Å²) in [6, 6.07) is 3.75. The molecule has 0 unspecified atom stereocenters. The molecule has 0 spiro atoms. The number of nitrogens with two attached hydrogens (primary N) is 1. The fourth-order valence-electron chi connectivity index (χ4n) is 1.86. The summed E-state index contributed by atoms with van der Waals surface area (Å²) in [7, 11) is 1.76. The zero-order chi connectivity index (χ0) is 14.7. The van der Waals surface area contributed by atoms with E-state index >= 15 is 0 Å². The van der Waals surface area contributed by atoms with Gasteiger partial charge < -0.3 is 10.3 Å². The van der Waals surface area contributed by atoms with Gasteiger partial charge in [-0.1, -0.05) is 0 Å². The van der Waals surface area contributed by atoms with Crippen LogP contribution in [0.3, 0.4) is 0 Å². The van der Waals surface area contributed by atoms with Gasteiger partial charge in [-0.05, 0) is 30.6 Å². The Balaban J connectivity index is 2.17. The molecule has 0 aliphatic carbocycles. The minimum atomic E-state index is -0.570. The van der Waals surface area contributed by atoms with Crippen molar-refractivity contribution in [2.45, 2.75) is 12.5 Å². The molecule has 0 fully saturated rings. The molecule has 0 saturated carbocycles. The van der Waals surface area contributed by atoms with E-state index in [-0.39, 0.29) is 11.7 Å². The zero-order valence-corrected chi connectivity index (χ0v) is 12.2. The van der Waals surface area contributed by atoms with Crippen LogP contribution in [0.15, 0.2) is 18.2 Å². The van der Waals surface area contributed by atoms with Crippen LogP contribution >= 0.6 is 11.8 Å². The maximum Gasteiger partial charge on any atom is 0.243 e. The predicted molar refractivity (Wildman–Crippen MR) is 80.3 cm³/mol. The van der Waals surface area contributed by atoms with Crippen LogP contribution in [0.4, 0.5) is 10.3 Å². The smallest absolute Gasteiger partial charge is 0.243 e. The van der Waals surface area contributed by atoms with E-state index in [0.29, 0.717) is 17.9 Å². The summed E-state index contributed by atoms with van der Waals surface area (Å²) in [5.41, 5.74) is 7.05. The van der Waals surface area contributed by atoms with Crippen LogP contribution < -0.4 is 11.1 Å². The van der Waals surface area contributed by atoms with Gasteiger partial charge in [-0.25, -0.2) is 9.37 Å². The molecule has 0 aliphatic heterocycles. The highest BCUT2D eigenvalue weighted by atomic mass is 32.2. The van der Waals surface area contributed by atoms with E-state index in [9.17, 15) is 9.18 Å². The number of anilines is 1. The van der Waals surface area contributed by atoms with Crippen molar-refractivity contribution in [3.05, 3.63) is 24.0 Å². The second kappa shape index (κ2) is 6.23. The second-order valence-electron chi connectivity index (χ2n) is 4.50. The van der Waals surface area contributed by atoms with Crippen molar-refractivity contribution in [3.8, 4) is 0 Å². The largest absolute Gasteiger partial charge is 0.320 e. The zero-order valence-electron chi connectivity index (χ0n) is 11.4. The molecular formula is C13H17FN4OS. The van der Waals surface area contributed by atoms with Crippen molar-refractivity contribution in [3.63, 3.8) is 0 Å². The molecule has 0 radical (unpaired) electrons. The van der Waals surface area contributed by atoms with Gasteiger partial charge >= 0.3 is 0 Å². The third-order valence-electron chi connectivity index (χ3n) is 3.05. The van der Waals surface area contributed by atoms with Crippen molar-refractivity contribution in [1.29, 1.82) is 0 Å². The number of fused-ring (bicyclic) bond motifs is 1. The highest BCUT2D eigenvalue weighted by molar-refractivity contribution is 7.98. The lowest BCUT2D eigenvalue weighted by Crippen LogP contribution is -2.36. The molecule has 0 bridgehead atoms. The highest BCUT2D eigenvalue weighted by Gasteiger charge is 2.16. The molecular weight excluding hydrogens is 279 g/mol. The molecule has 1 amide bonds. The quantitative estimate of drug-likeness (QED) is 0.881. The topological polar surface area (TPSA) is 72.9 Å². The minimum absolute atomic E-state index is 0.280. The Hall–Kier alpha value is -1.60. The Bertz CT molecular complexity index is 628. The number of benzene rings is 1. The summed E-state index contributed by atoms with van der Waals surface area (Å²) in [6.07, 6.45) is 2.57. The third-order valence-corrected chi connectivity index (χ3v) is 3.69. The number of halogens is 1. The maximum atomic E-state index is 13.1.